The number of esters is 1. The smallest absolute Gasteiger partial charge is 0.339 e. The molecular formula is C21H21N3O6S. The second-order valence-electron chi connectivity index (χ2n) is 6.88. The van der Waals surface area contributed by atoms with Crippen LogP contribution in [0.3, 0.4) is 0 Å². The summed E-state index contributed by atoms with van der Waals surface area (Å²) in [6.07, 6.45) is 1.28. The van der Waals surface area contributed by atoms with Gasteiger partial charge in [-0.1, -0.05) is 12.1 Å². The maximum absolute atomic E-state index is 13.4. The summed E-state index contributed by atoms with van der Waals surface area (Å²) in [5.74, 6) is -0.610. The molecule has 1 saturated heterocycles. The average molecular weight is 443 g/mol. The molecule has 10 heteroatoms. The number of pyridine rings is 1. The van der Waals surface area contributed by atoms with Crippen LogP contribution in [-0.4, -0.2) is 62.2 Å². The van der Waals surface area contributed by atoms with Gasteiger partial charge in [0.1, 0.15) is 10.6 Å². The summed E-state index contributed by atoms with van der Waals surface area (Å²) in [6, 6.07) is 11.1. The number of anilines is 2. The zero-order chi connectivity index (χ0) is 22.0. The van der Waals surface area contributed by atoms with Crippen LogP contribution in [0.15, 0.2) is 53.6 Å². The van der Waals surface area contributed by atoms with Crippen LogP contribution in [0.5, 0.6) is 5.75 Å². The van der Waals surface area contributed by atoms with Crippen LogP contribution in [0, 0.1) is 0 Å². The maximum atomic E-state index is 13.4. The van der Waals surface area contributed by atoms with Crippen molar-refractivity contribution in [2.24, 2.45) is 0 Å². The largest absolute Gasteiger partial charge is 0.508 e. The molecule has 1 aliphatic rings. The number of phenols is 1. The lowest BCUT2D eigenvalue weighted by molar-refractivity contribution is 0.0602. The van der Waals surface area contributed by atoms with E-state index in [0.29, 0.717) is 29.8 Å². The third-order valence-corrected chi connectivity index (χ3v) is 6.91. The van der Waals surface area contributed by atoms with Crippen molar-refractivity contribution in [2.45, 2.75) is 4.90 Å². The van der Waals surface area contributed by atoms with Gasteiger partial charge in [0.05, 0.1) is 42.8 Å². The van der Waals surface area contributed by atoms with Crippen molar-refractivity contribution in [3.8, 4) is 5.75 Å². The number of carbonyl (C=O) groups is 1. The van der Waals surface area contributed by atoms with E-state index in [9.17, 15) is 18.3 Å². The molecule has 0 bridgehead atoms. The molecule has 0 amide bonds. The molecule has 0 saturated carbocycles. The Bertz CT molecular complexity index is 1240. The average Bonchev–Trinajstić information content (AvgIpc) is 2.79. The van der Waals surface area contributed by atoms with E-state index in [2.05, 4.69) is 10.3 Å². The van der Waals surface area contributed by atoms with Gasteiger partial charge < -0.3 is 19.9 Å². The predicted molar refractivity (Wildman–Crippen MR) is 114 cm³/mol. The minimum atomic E-state index is -3.93. The Hall–Kier alpha value is -3.21. The zero-order valence-corrected chi connectivity index (χ0v) is 17.6. The number of fused-ring (bicyclic) bond motifs is 1. The highest BCUT2D eigenvalue weighted by Gasteiger charge is 2.30. The number of sulfonamides is 1. The van der Waals surface area contributed by atoms with E-state index in [4.69, 9.17) is 9.47 Å². The first-order valence-corrected chi connectivity index (χ1v) is 11.0. The Morgan fingerprint density at radius 3 is 2.68 bits per heavy atom. The standard InChI is InChI=1S/C21H21N3O6S/c1-29-21(26)15-4-2-3-5-18(15)23-20-16-12-14(25)6-7-17(16)22-13-19(20)31(27,28)24-8-10-30-11-9-24/h2-7,12-13,25H,8-11H2,1H3,(H,22,23). The summed E-state index contributed by atoms with van der Waals surface area (Å²) < 4.78 is 38.3. The topological polar surface area (TPSA) is 118 Å². The molecule has 1 fully saturated rings. The number of aromatic hydroxyl groups is 1. The number of morpholine rings is 1. The van der Waals surface area contributed by atoms with Crippen molar-refractivity contribution >= 4 is 38.3 Å². The van der Waals surface area contributed by atoms with E-state index in [1.54, 1.807) is 30.3 Å². The number of ether oxygens (including phenoxy) is 2. The molecule has 0 aliphatic carbocycles. The number of hydrogen-bond donors (Lipinski definition) is 2. The molecule has 9 nitrogen and oxygen atoms in total. The van der Waals surface area contributed by atoms with Crippen molar-refractivity contribution in [3.63, 3.8) is 0 Å². The number of nitrogens with zero attached hydrogens (tertiary/aromatic N) is 2. The quantitative estimate of drug-likeness (QED) is 0.578. The summed E-state index contributed by atoms with van der Waals surface area (Å²) >= 11 is 0. The monoisotopic (exact) mass is 443 g/mol. The number of phenolic OH excluding ortho intramolecular Hbond substituents is 1. The van der Waals surface area contributed by atoms with Crippen LogP contribution in [-0.2, 0) is 19.5 Å². The van der Waals surface area contributed by atoms with Crippen LogP contribution >= 0.6 is 0 Å². The van der Waals surface area contributed by atoms with E-state index >= 15 is 0 Å². The Morgan fingerprint density at radius 1 is 1.19 bits per heavy atom. The Labute approximate surface area is 179 Å². The van der Waals surface area contributed by atoms with Gasteiger partial charge in [0.25, 0.3) is 0 Å². The molecule has 2 N–H and O–H groups in total. The Morgan fingerprint density at radius 2 is 1.94 bits per heavy atom. The van der Waals surface area contributed by atoms with E-state index in [-0.39, 0.29) is 35.0 Å². The second-order valence-corrected chi connectivity index (χ2v) is 8.78. The molecule has 31 heavy (non-hydrogen) atoms. The predicted octanol–water partition coefficient (Wildman–Crippen LogP) is 2.49. The van der Waals surface area contributed by atoms with Crippen molar-refractivity contribution in [3.05, 3.63) is 54.2 Å². The summed E-state index contributed by atoms with van der Waals surface area (Å²) in [5, 5.41) is 13.5. The highest BCUT2D eigenvalue weighted by molar-refractivity contribution is 7.89. The summed E-state index contributed by atoms with van der Waals surface area (Å²) in [6.45, 7) is 1.04. The Balaban J connectivity index is 1.91. The summed E-state index contributed by atoms with van der Waals surface area (Å²) in [5.41, 5.74) is 1.30. The summed E-state index contributed by atoms with van der Waals surface area (Å²) in [4.78, 5) is 16.4. The SMILES string of the molecule is COC(=O)c1ccccc1Nc1c(S(=O)(=O)N2CCOCC2)cnc2ccc(O)cc12. The van der Waals surface area contributed by atoms with Gasteiger partial charge in [0.2, 0.25) is 10.0 Å². The molecule has 2 aromatic carbocycles. The van der Waals surface area contributed by atoms with E-state index in [0.717, 1.165) is 0 Å². The molecular weight excluding hydrogens is 422 g/mol. The highest BCUT2D eigenvalue weighted by Crippen LogP contribution is 2.36. The number of aromatic nitrogens is 1. The van der Waals surface area contributed by atoms with Gasteiger partial charge in [-0.15, -0.1) is 0 Å². The minimum absolute atomic E-state index is 0.0421. The van der Waals surface area contributed by atoms with Crippen LogP contribution < -0.4 is 5.32 Å². The van der Waals surface area contributed by atoms with Crippen molar-refractivity contribution in [1.29, 1.82) is 0 Å². The third kappa shape index (κ3) is 4.05. The number of rotatable bonds is 5. The number of hydrogen-bond acceptors (Lipinski definition) is 8. The van der Waals surface area contributed by atoms with Crippen LogP contribution in [0.2, 0.25) is 0 Å². The lowest BCUT2D eigenvalue weighted by Crippen LogP contribution is -2.40. The van der Waals surface area contributed by atoms with Gasteiger partial charge in [-0.2, -0.15) is 4.31 Å². The molecule has 2 heterocycles. The van der Waals surface area contributed by atoms with Crippen LogP contribution in [0.1, 0.15) is 10.4 Å². The zero-order valence-electron chi connectivity index (χ0n) is 16.7. The summed E-state index contributed by atoms with van der Waals surface area (Å²) in [7, 11) is -2.65. The van der Waals surface area contributed by atoms with Gasteiger partial charge in [-0.05, 0) is 30.3 Å². The third-order valence-electron chi connectivity index (χ3n) is 5.00. The Kier molecular flexibility index (Phi) is 5.77. The molecule has 0 radical (unpaired) electrons. The molecule has 0 unspecified atom stereocenters. The van der Waals surface area contributed by atoms with Gasteiger partial charge in [0, 0.05) is 24.7 Å². The van der Waals surface area contributed by atoms with Crippen molar-refractivity contribution in [1.82, 2.24) is 9.29 Å². The fraction of sp³-hybridized carbons (Fsp3) is 0.238. The van der Waals surface area contributed by atoms with Gasteiger partial charge in [-0.25, -0.2) is 13.2 Å². The number of para-hydroxylation sites is 1. The van der Waals surface area contributed by atoms with Crippen molar-refractivity contribution in [2.75, 3.05) is 38.7 Å². The number of methoxy groups -OCH3 is 1. The van der Waals surface area contributed by atoms with Gasteiger partial charge in [0.15, 0.2) is 0 Å². The lowest BCUT2D eigenvalue weighted by atomic mass is 10.1. The molecule has 0 spiro atoms. The van der Waals surface area contributed by atoms with Crippen LogP contribution in [0.4, 0.5) is 11.4 Å². The second kappa shape index (κ2) is 8.50. The molecule has 1 aromatic heterocycles. The normalized spacial score (nSPS) is 15.0. The molecule has 3 aromatic rings. The molecule has 0 atom stereocenters. The van der Waals surface area contributed by atoms with E-state index in [1.807, 2.05) is 0 Å². The number of carbonyl (C=O) groups excluding carboxylic acids is 1. The van der Waals surface area contributed by atoms with Gasteiger partial charge in [-0.3, -0.25) is 4.98 Å². The maximum Gasteiger partial charge on any atom is 0.339 e. The fourth-order valence-corrected chi connectivity index (χ4v) is 4.94. The molecule has 162 valence electrons. The van der Waals surface area contributed by atoms with E-state index in [1.165, 1.54) is 29.7 Å². The van der Waals surface area contributed by atoms with Crippen molar-refractivity contribution < 1.29 is 27.8 Å². The first-order valence-electron chi connectivity index (χ1n) is 9.56. The first kappa shape index (κ1) is 21.0. The number of nitrogens with one attached hydrogen (secondary N) is 1. The minimum Gasteiger partial charge on any atom is -0.508 e. The number of benzene rings is 2. The lowest BCUT2D eigenvalue weighted by Gasteiger charge is -2.27. The van der Waals surface area contributed by atoms with Crippen LogP contribution in [0.25, 0.3) is 10.9 Å². The van der Waals surface area contributed by atoms with Gasteiger partial charge >= 0.3 is 5.97 Å². The molecule has 4 rings (SSSR count). The van der Waals surface area contributed by atoms with E-state index < -0.39 is 16.0 Å². The molecule has 1 aliphatic heterocycles. The fourth-order valence-electron chi connectivity index (χ4n) is 3.43. The highest BCUT2D eigenvalue weighted by atomic mass is 32.2. The first-order chi connectivity index (χ1) is 14.9.